The molecule has 110 valence electrons. The van der Waals surface area contributed by atoms with Gasteiger partial charge in [-0.3, -0.25) is 9.59 Å². The normalized spacial score (nSPS) is 10.2. The lowest BCUT2D eigenvalue weighted by Gasteiger charge is -2.16. The van der Waals surface area contributed by atoms with Crippen LogP contribution in [0.3, 0.4) is 0 Å². The van der Waals surface area contributed by atoms with Crippen molar-refractivity contribution in [3.8, 4) is 0 Å². The number of carbonyl (C=O) groups is 2. The summed E-state index contributed by atoms with van der Waals surface area (Å²) in [7, 11) is 3.00. The van der Waals surface area contributed by atoms with Crippen molar-refractivity contribution in [3.05, 3.63) is 30.1 Å². The van der Waals surface area contributed by atoms with Crippen LogP contribution in [0.4, 0.5) is 4.39 Å². The van der Waals surface area contributed by atoms with Gasteiger partial charge < -0.3 is 9.64 Å². The average Bonchev–Trinajstić information content (AvgIpc) is 2.45. The van der Waals surface area contributed by atoms with Crippen molar-refractivity contribution < 1.29 is 18.7 Å². The molecular formula is C14H18FNO3S. The van der Waals surface area contributed by atoms with Crippen LogP contribution >= 0.6 is 11.8 Å². The smallest absolute Gasteiger partial charge is 0.305 e. The fraction of sp³-hybridized carbons (Fsp3) is 0.429. The summed E-state index contributed by atoms with van der Waals surface area (Å²) in [5, 5.41) is 0. The van der Waals surface area contributed by atoms with Crippen LogP contribution in [0.25, 0.3) is 0 Å². The second-order valence-electron chi connectivity index (χ2n) is 4.21. The number of nitrogens with zero attached hydrogens (tertiary/aromatic N) is 1. The highest BCUT2D eigenvalue weighted by molar-refractivity contribution is 8.00. The summed E-state index contributed by atoms with van der Waals surface area (Å²) in [6.07, 6.45) is 0.841. The van der Waals surface area contributed by atoms with E-state index in [4.69, 9.17) is 0 Å². The van der Waals surface area contributed by atoms with Gasteiger partial charge in [-0.25, -0.2) is 4.39 Å². The number of methoxy groups -OCH3 is 1. The van der Waals surface area contributed by atoms with E-state index in [0.29, 0.717) is 17.9 Å². The summed E-state index contributed by atoms with van der Waals surface area (Å²) in [5.74, 6) is -0.524. The minimum absolute atomic E-state index is 0.0943. The maximum absolute atomic E-state index is 13.4. The molecule has 20 heavy (non-hydrogen) atoms. The first-order chi connectivity index (χ1) is 9.54. The molecule has 1 rings (SSSR count). The standard InChI is InChI=1S/C14H18FNO3S/c1-16(9-5-8-14(18)19-2)13(17)10-20-12-7-4-3-6-11(12)15/h3-4,6-7H,5,8-10H2,1-2H3. The average molecular weight is 299 g/mol. The number of hydrogen-bond acceptors (Lipinski definition) is 4. The highest BCUT2D eigenvalue weighted by atomic mass is 32.2. The number of halogens is 1. The topological polar surface area (TPSA) is 46.6 Å². The van der Waals surface area contributed by atoms with Crippen LogP contribution in [0.15, 0.2) is 29.2 Å². The lowest BCUT2D eigenvalue weighted by Crippen LogP contribution is -2.29. The summed E-state index contributed by atoms with van der Waals surface area (Å²) in [4.78, 5) is 24.8. The predicted molar refractivity (Wildman–Crippen MR) is 76.0 cm³/mol. The molecule has 1 aromatic carbocycles. The van der Waals surface area contributed by atoms with Crippen molar-refractivity contribution in [2.45, 2.75) is 17.7 Å². The number of hydrogen-bond donors (Lipinski definition) is 0. The molecule has 0 aliphatic rings. The molecule has 0 saturated carbocycles. The number of thioether (sulfide) groups is 1. The van der Waals surface area contributed by atoms with Crippen LogP contribution in [-0.4, -0.2) is 43.2 Å². The monoisotopic (exact) mass is 299 g/mol. The third-order valence-corrected chi connectivity index (χ3v) is 3.75. The van der Waals surface area contributed by atoms with Crippen LogP contribution in [0.1, 0.15) is 12.8 Å². The van der Waals surface area contributed by atoms with E-state index < -0.39 is 0 Å². The van der Waals surface area contributed by atoms with Crippen molar-refractivity contribution in [1.82, 2.24) is 4.90 Å². The molecule has 0 atom stereocenters. The van der Waals surface area contributed by atoms with Gasteiger partial charge in [0.15, 0.2) is 0 Å². The van der Waals surface area contributed by atoms with Crippen molar-refractivity contribution >= 4 is 23.6 Å². The molecule has 0 aromatic heterocycles. The predicted octanol–water partition coefficient (Wildman–Crippen LogP) is 2.33. The van der Waals surface area contributed by atoms with E-state index in [1.54, 1.807) is 25.2 Å². The van der Waals surface area contributed by atoms with E-state index >= 15 is 0 Å². The van der Waals surface area contributed by atoms with E-state index in [9.17, 15) is 14.0 Å². The van der Waals surface area contributed by atoms with E-state index in [2.05, 4.69) is 4.74 Å². The molecule has 0 heterocycles. The van der Waals surface area contributed by atoms with Crippen molar-refractivity contribution in [1.29, 1.82) is 0 Å². The summed E-state index contributed by atoms with van der Waals surface area (Å²) < 4.78 is 17.9. The van der Waals surface area contributed by atoms with Gasteiger partial charge in [0.2, 0.25) is 5.91 Å². The first kappa shape index (κ1) is 16.5. The number of carbonyl (C=O) groups excluding carboxylic acids is 2. The molecule has 4 nitrogen and oxygen atoms in total. The van der Waals surface area contributed by atoms with Crippen molar-refractivity contribution in [2.24, 2.45) is 0 Å². The third-order valence-electron chi connectivity index (χ3n) is 2.72. The molecular weight excluding hydrogens is 281 g/mol. The molecule has 0 fully saturated rings. The molecule has 0 saturated heterocycles. The van der Waals surface area contributed by atoms with Gasteiger partial charge >= 0.3 is 5.97 Å². The Labute approximate surface area is 122 Å². The van der Waals surface area contributed by atoms with Gasteiger partial charge in [0, 0.05) is 24.9 Å². The quantitative estimate of drug-likeness (QED) is 0.572. The highest BCUT2D eigenvalue weighted by Gasteiger charge is 2.11. The van der Waals surface area contributed by atoms with Gasteiger partial charge in [-0.1, -0.05) is 12.1 Å². The minimum atomic E-state index is -0.321. The second-order valence-corrected chi connectivity index (χ2v) is 5.23. The number of benzene rings is 1. The zero-order valence-electron chi connectivity index (χ0n) is 11.6. The number of rotatable bonds is 7. The maximum Gasteiger partial charge on any atom is 0.305 e. The Morgan fingerprint density at radius 1 is 1.35 bits per heavy atom. The molecule has 6 heteroatoms. The van der Waals surface area contributed by atoms with Gasteiger partial charge in [-0.05, 0) is 18.6 Å². The minimum Gasteiger partial charge on any atom is -0.469 e. The van der Waals surface area contributed by atoms with Gasteiger partial charge in [0.05, 0.1) is 12.9 Å². The van der Waals surface area contributed by atoms with Gasteiger partial charge in [-0.2, -0.15) is 0 Å². The maximum atomic E-state index is 13.4. The molecule has 0 radical (unpaired) electrons. The number of ether oxygens (including phenoxy) is 1. The largest absolute Gasteiger partial charge is 0.469 e. The first-order valence-electron chi connectivity index (χ1n) is 6.22. The zero-order chi connectivity index (χ0) is 15.0. The molecule has 0 N–H and O–H groups in total. The van der Waals surface area contributed by atoms with Crippen molar-refractivity contribution in [3.63, 3.8) is 0 Å². The van der Waals surface area contributed by atoms with Crippen LogP contribution < -0.4 is 0 Å². The number of amides is 1. The van der Waals surface area contributed by atoms with Crippen LogP contribution in [0.2, 0.25) is 0 Å². The fourth-order valence-electron chi connectivity index (χ4n) is 1.50. The fourth-order valence-corrected chi connectivity index (χ4v) is 2.38. The van der Waals surface area contributed by atoms with E-state index in [-0.39, 0.29) is 29.9 Å². The zero-order valence-corrected chi connectivity index (χ0v) is 12.4. The molecule has 0 aliphatic carbocycles. The molecule has 0 aliphatic heterocycles. The first-order valence-corrected chi connectivity index (χ1v) is 7.21. The summed E-state index contributed by atoms with van der Waals surface area (Å²) in [5.41, 5.74) is 0. The molecule has 0 bridgehead atoms. The van der Waals surface area contributed by atoms with E-state index in [1.807, 2.05) is 0 Å². The van der Waals surface area contributed by atoms with E-state index in [0.717, 1.165) is 0 Å². The van der Waals surface area contributed by atoms with Gasteiger partial charge in [0.1, 0.15) is 5.82 Å². The second kappa shape index (κ2) is 8.58. The molecule has 0 spiro atoms. The SMILES string of the molecule is COC(=O)CCCN(C)C(=O)CSc1ccccc1F. The van der Waals surface area contributed by atoms with Gasteiger partial charge in [0.25, 0.3) is 0 Å². The third kappa shape index (κ3) is 5.61. The molecule has 1 amide bonds. The lowest BCUT2D eigenvalue weighted by atomic mass is 10.3. The summed E-state index contributed by atoms with van der Waals surface area (Å²) in [6.45, 7) is 0.478. The van der Waals surface area contributed by atoms with Crippen LogP contribution in [0, 0.1) is 5.82 Å². The molecule has 0 unspecified atom stereocenters. The Morgan fingerprint density at radius 2 is 2.05 bits per heavy atom. The lowest BCUT2D eigenvalue weighted by molar-refractivity contribution is -0.141. The van der Waals surface area contributed by atoms with Crippen LogP contribution in [-0.2, 0) is 14.3 Å². The summed E-state index contributed by atoms with van der Waals surface area (Å²) >= 11 is 1.17. The summed E-state index contributed by atoms with van der Waals surface area (Å²) in [6, 6.07) is 6.35. The number of esters is 1. The van der Waals surface area contributed by atoms with Crippen LogP contribution in [0.5, 0.6) is 0 Å². The van der Waals surface area contributed by atoms with E-state index in [1.165, 1.54) is 29.8 Å². The highest BCUT2D eigenvalue weighted by Crippen LogP contribution is 2.21. The Bertz CT molecular complexity index is 467. The Balaban J connectivity index is 2.31. The Hall–Kier alpha value is -1.56. The van der Waals surface area contributed by atoms with Crippen molar-refractivity contribution in [2.75, 3.05) is 26.5 Å². The Kier molecular flexibility index (Phi) is 7.08. The Morgan fingerprint density at radius 3 is 2.70 bits per heavy atom. The van der Waals surface area contributed by atoms with Gasteiger partial charge in [-0.15, -0.1) is 11.8 Å². The molecule has 1 aromatic rings.